The fourth-order valence-corrected chi connectivity index (χ4v) is 4.04. The quantitative estimate of drug-likeness (QED) is 0.108. The monoisotopic (exact) mass is 758 g/mol. The molecule has 0 aromatic heterocycles. The van der Waals surface area contributed by atoms with Gasteiger partial charge in [-0.25, -0.2) is 0 Å². The third-order valence-corrected chi connectivity index (χ3v) is 6.89. The van der Waals surface area contributed by atoms with E-state index in [4.69, 9.17) is 23.7 Å². The molecule has 298 valence electrons. The molecule has 0 bridgehead atoms. The highest BCUT2D eigenvalue weighted by Gasteiger charge is 2.23. The zero-order valence-corrected chi connectivity index (χ0v) is 33.0. The van der Waals surface area contributed by atoms with Crippen LogP contribution in [0.2, 0.25) is 0 Å². The maximum atomic E-state index is 10.6. The lowest BCUT2D eigenvalue weighted by molar-refractivity contribution is -0.163. The summed E-state index contributed by atoms with van der Waals surface area (Å²) >= 11 is 0. The summed E-state index contributed by atoms with van der Waals surface area (Å²) in [6.45, 7) is 10.7. The number of benzene rings is 3. The number of ether oxygens (including phenoxy) is 9. The molecule has 0 aliphatic heterocycles. The van der Waals surface area contributed by atoms with Crippen LogP contribution in [0.15, 0.2) is 72.8 Å². The summed E-state index contributed by atoms with van der Waals surface area (Å²) in [6.07, 6.45) is -0.754. The molecule has 0 radical (unpaired) electrons. The zero-order chi connectivity index (χ0) is 41.1. The molecule has 0 unspecified atom stereocenters. The molecule has 0 heterocycles. The summed E-state index contributed by atoms with van der Waals surface area (Å²) in [7, 11) is 6.65. The van der Waals surface area contributed by atoms with E-state index >= 15 is 0 Å². The van der Waals surface area contributed by atoms with E-state index < -0.39 is 24.0 Å². The summed E-state index contributed by atoms with van der Waals surface area (Å²) < 4.78 is 43.3. The average Bonchev–Trinajstić information content (AvgIpc) is 3.15. The molecule has 3 aromatic rings. The summed E-state index contributed by atoms with van der Waals surface area (Å²) in [5.41, 5.74) is 2.48. The van der Waals surface area contributed by atoms with Crippen molar-refractivity contribution in [2.45, 2.75) is 60.0 Å². The first kappa shape index (κ1) is 48.2. The number of esters is 5. The second-order valence-electron chi connectivity index (χ2n) is 11.5. The largest absolute Gasteiger partial charge is 0.497 e. The van der Waals surface area contributed by atoms with Crippen molar-refractivity contribution in [3.8, 4) is 23.0 Å². The molecule has 0 saturated heterocycles. The average molecular weight is 759 g/mol. The van der Waals surface area contributed by atoms with Crippen molar-refractivity contribution in [2.24, 2.45) is 0 Å². The molecule has 54 heavy (non-hydrogen) atoms. The Morgan fingerprint density at radius 3 is 0.926 bits per heavy atom. The number of rotatable bonds is 14. The molecule has 0 N–H and O–H groups in total. The van der Waals surface area contributed by atoms with Gasteiger partial charge in [0.05, 0.1) is 28.4 Å². The first-order valence-corrected chi connectivity index (χ1v) is 16.7. The zero-order valence-electron chi connectivity index (χ0n) is 33.0. The molecule has 0 spiro atoms. The van der Waals surface area contributed by atoms with E-state index in [1.165, 1.54) is 45.7 Å². The van der Waals surface area contributed by atoms with Crippen molar-refractivity contribution in [2.75, 3.05) is 54.9 Å². The molecule has 3 rings (SSSR count). The Bertz CT molecular complexity index is 1430. The molecule has 0 atom stereocenters. The first-order chi connectivity index (χ1) is 25.5. The van der Waals surface area contributed by atoms with Crippen LogP contribution in [0.25, 0.3) is 0 Å². The van der Waals surface area contributed by atoms with Crippen molar-refractivity contribution in [3.05, 3.63) is 83.9 Å². The molecule has 0 fully saturated rings. The Balaban J connectivity index is 0.000000722. The standard InChI is InChI=1S/C17H20O2.C9H14O6.C8H10O2.C6H10O4/c1-17(2,13-5-9-15(18-3)10-6-13)14-7-11-16(19-4)12-8-14;1-6(10)13-4-9(15-8(3)12)5-14-7(2)11;1-9-7-3-5-8(10-2)6-4-7;1-5(7)9-3-4-10-6(2)8/h5-12H,1-4H3;9H,4-5H2,1-3H3;3-6H,1-2H3;3-4H2,1-2H3. The van der Waals surface area contributed by atoms with E-state index in [1.54, 1.807) is 28.4 Å². The van der Waals surface area contributed by atoms with Crippen LogP contribution in [-0.2, 0) is 53.1 Å². The van der Waals surface area contributed by atoms with E-state index in [2.05, 4.69) is 57.1 Å². The van der Waals surface area contributed by atoms with Gasteiger partial charge >= 0.3 is 29.8 Å². The van der Waals surface area contributed by atoms with Crippen LogP contribution in [0.5, 0.6) is 23.0 Å². The summed E-state index contributed by atoms with van der Waals surface area (Å²) in [5, 5.41) is 0. The minimum atomic E-state index is -0.754. The Kier molecular flexibility index (Phi) is 24.0. The van der Waals surface area contributed by atoms with Gasteiger partial charge in [0.1, 0.15) is 49.4 Å². The van der Waals surface area contributed by atoms with E-state index in [0.717, 1.165) is 23.0 Å². The third kappa shape index (κ3) is 22.2. The number of methoxy groups -OCH3 is 4. The molecule has 14 heteroatoms. The molecule has 0 amide bonds. The highest BCUT2D eigenvalue weighted by Crippen LogP contribution is 2.33. The third-order valence-electron chi connectivity index (χ3n) is 6.89. The van der Waals surface area contributed by atoms with E-state index in [0.29, 0.717) is 0 Å². The fourth-order valence-electron chi connectivity index (χ4n) is 4.04. The fraction of sp³-hybridized carbons (Fsp3) is 0.425. The van der Waals surface area contributed by atoms with Crippen molar-refractivity contribution >= 4 is 29.8 Å². The van der Waals surface area contributed by atoms with Crippen molar-refractivity contribution in [1.82, 2.24) is 0 Å². The Labute approximate surface area is 317 Å². The van der Waals surface area contributed by atoms with Gasteiger partial charge in [0.2, 0.25) is 0 Å². The number of carbonyl (C=O) groups is 5. The summed E-state index contributed by atoms with van der Waals surface area (Å²) in [6, 6.07) is 23.9. The van der Waals surface area contributed by atoms with E-state index in [9.17, 15) is 24.0 Å². The van der Waals surface area contributed by atoms with Gasteiger partial charge in [-0.3, -0.25) is 24.0 Å². The molecule has 3 aromatic carbocycles. The highest BCUT2D eigenvalue weighted by atomic mass is 16.6. The topological polar surface area (TPSA) is 168 Å². The molecular weight excluding hydrogens is 704 g/mol. The van der Waals surface area contributed by atoms with Crippen LogP contribution < -0.4 is 18.9 Å². The molecule has 0 aliphatic carbocycles. The van der Waals surface area contributed by atoms with Crippen LogP contribution in [-0.4, -0.2) is 90.8 Å². The van der Waals surface area contributed by atoms with Crippen LogP contribution in [0.4, 0.5) is 0 Å². The predicted molar refractivity (Wildman–Crippen MR) is 200 cm³/mol. The maximum Gasteiger partial charge on any atom is 0.303 e. The van der Waals surface area contributed by atoms with Gasteiger partial charge in [-0.2, -0.15) is 0 Å². The van der Waals surface area contributed by atoms with Gasteiger partial charge in [-0.15, -0.1) is 0 Å². The van der Waals surface area contributed by atoms with Crippen LogP contribution in [0, 0.1) is 0 Å². The smallest absolute Gasteiger partial charge is 0.303 e. The lowest BCUT2D eigenvalue weighted by Crippen LogP contribution is -2.29. The van der Waals surface area contributed by atoms with E-state index in [1.807, 2.05) is 48.5 Å². The highest BCUT2D eigenvalue weighted by molar-refractivity contribution is 5.68. The lowest BCUT2D eigenvalue weighted by Gasteiger charge is -2.26. The van der Waals surface area contributed by atoms with Gasteiger partial charge in [-0.05, 0) is 59.7 Å². The minimum absolute atomic E-state index is 0.0431. The summed E-state index contributed by atoms with van der Waals surface area (Å²) in [4.78, 5) is 51.9. The predicted octanol–water partition coefficient (Wildman–Crippen LogP) is 5.89. The van der Waals surface area contributed by atoms with Crippen molar-refractivity contribution in [3.63, 3.8) is 0 Å². The van der Waals surface area contributed by atoms with Gasteiger partial charge in [0.25, 0.3) is 0 Å². The van der Waals surface area contributed by atoms with Crippen molar-refractivity contribution in [1.29, 1.82) is 0 Å². The van der Waals surface area contributed by atoms with Gasteiger partial charge in [0.15, 0.2) is 6.10 Å². The number of carbonyl (C=O) groups excluding carboxylic acids is 5. The number of hydrogen-bond donors (Lipinski definition) is 0. The van der Waals surface area contributed by atoms with Crippen molar-refractivity contribution < 1.29 is 66.6 Å². The van der Waals surface area contributed by atoms with Crippen LogP contribution in [0.1, 0.15) is 59.6 Å². The Morgan fingerprint density at radius 1 is 0.444 bits per heavy atom. The summed E-state index contributed by atoms with van der Waals surface area (Å²) in [5.74, 6) is 1.22. The maximum absolute atomic E-state index is 10.6. The Morgan fingerprint density at radius 2 is 0.704 bits per heavy atom. The molecule has 0 aliphatic rings. The second kappa shape index (κ2) is 26.9. The normalized spacial score (nSPS) is 9.85. The van der Waals surface area contributed by atoms with Crippen LogP contribution >= 0.6 is 0 Å². The molecule has 0 saturated carbocycles. The van der Waals surface area contributed by atoms with Gasteiger partial charge < -0.3 is 42.6 Å². The number of hydrogen-bond acceptors (Lipinski definition) is 14. The van der Waals surface area contributed by atoms with Gasteiger partial charge in [-0.1, -0.05) is 38.1 Å². The van der Waals surface area contributed by atoms with Crippen LogP contribution in [0.3, 0.4) is 0 Å². The Hall–Kier alpha value is -5.79. The molecule has 14 nitrogen and oxygen atoms in total. The minimum Gasteiger partial charge on any atom is -0.497 e. The van der Waals surface area contributed by atoms with Gasteiger partial charge in [0, 0.05) is 40.0 Å². The lowest BCUT2D eigenvalue weighted by atomic mass is 9.78. The first-order valence-electron chi connectivity index (χ1n) is 16.7. The van der Waals surface area contributed by atoms with E-state index in [-0.39, 0.29) is 43.8 Å². The molecular formula is C40H54O14. The second-order valence-corrected chi connectivity index (χ2v) is 11.5. The SMILES string of the molecule is CC(=O)OCC(COC(C)=O)OC(C)=O.CC(=O)OCCOC(C)=O.COc1ccc(C(C)(C)c2ccc(OC)cc2)cc1.COc1ccc(OC)cc1.